The molecule has 2 atom stereocenters. The first-order valence-corrected chi connectivity index (χ1v) is 21.1. The second kappa shape index (κ2) is 14.0. The molecule has 0 unspecified atom stereocenters. The molecule has 6 heterocycles. The predicted molar refractivity (Wildman–Crippen MR) is 220 cm³/mol. The van der Waals surface area contributed by atoms with Crippen LogP contribution in [0.1, 0.15) is 87.8 Å². The quantitative estimate of drug-likeness (QED) is 0.183. The molecule has 3 aliphatic heterocycles. The van der Waals surface area contributed by atoms with Crippen molar-refractivity contribution >= 4 is 46.1 Å². The van der Waals surface area contributed by atoms with E-state index in [1.165, 1.54) is 26.7 Å². The number of aryl methyl sites for hydroxylation is 2. The third kappa shape index (κ3) is 6.43. The molecule has 5 aliphatic rings. The number of rotatable bonds is 7. The van der Waals surface area contributed by atoms with Crippen molar-refractivity contribution in [2.24, 2.45) is 16.8 Å². The van der Waals surface area contributed by atoms with Gasteiger partial charge in [0.2, 0.25) is 0 Å². The number of carbonyl (C=O) groups is 1. The Morgan fingerprint density at radius 3 is 2.32 bits per heavy atom. The van der Waals surface area contributed by atoms with Gasteiger partial charge in [0, 0.05) is 71.8 Å². The monoisotopic (exact) mass is 798 g/mol. The summed E-state index contributed by atoms with van der Waals surface area (Å²) in [4.78, 5) is 24.7. The van der Waals surface area contributed by atoms with Crippen molar-refractivity contribution in [3.05, 3.63) is 104 Å². The zero-order chi connectivity index (χ0) is 39.0. The van der Waals surface area contributed by atoms with Crippen LogP contribution >= 0.6 is 22.9 Å². The zero-order valence-electron chi connectivity index (χ0n) is 32.2. The van der Waals surface area contributed by atoms with Crippen LogP contribution in [-0.2, 0) is 5.54 Å². The number of nitriles is 1. The van der Waals surface area contributed by atoms with Crippen LogP contribution in [0.3, 0.4) is 0 Å². The van der Waals surface area contributed by atoms with E-state index in [1.54, 1.807) is 24.3 Å². The van der Waals surface area contributed by atoms with Crippen LogP contribution in [-0.4, -0.2) is 74.9 Å². The fourth-order valence-electron chi connectivity index (χ4n) is 9.21. The van der Waals surface area contributed by atoms with Crippen LogP contribution in [0.4, 0.5) is 11.5 Å². The minimum absolute atomic E-state index is 0.0371. The summed E-state index contributed by atoms with van der Waals surface area (Å²) in [5.74, 6) is 4.23. The molecule has 0 radical (unpaired) electrons. The van der Waals surface area contributed by atoms with E-state index in [2.05, 4.69) is 84.3 Å². The van der Waals surface area contributed by atoms with Crippen molar-refractivity contribution in [2.75, 3.05) is 36.0 Å². The van der Waals surface area contributed by atoms with Crippen molar-refractivity contribution in [1.82, 2.24) is 30.3 Å². The SMILES string of the molecule is Cc1sc2c(c1C)C(c1ccc(N3C[C@@H]4CN(c5ccc(C(=O)NC6CCC(Oc7ccc(C#N)c(Cl)c7)CC6)nn5)C[C@@H]4C3)cc1)=NC1(CC1)c1nnc(C)n1-2. The number of fused-ring (bicyclic) bond motifs is 5. The van der Waals surface area contributed by atoms with Gasteiger partial charge in [-0.2, -0.15) is 5.26 Å². The minimum Gasteiger partial charge on any atom is -0.490 e. The summed E-state index contributed by atoms with van der Waals surface area (Å²) in [6.07, 6.45) is 5.26. The van der Waals surface area contributed by atoms with Crippen LogP contribution in [0, 0.1) is 43.9 Å². The molecule has 290 valence electrons. The lowest BCUT2D eigenvalue weighted by molar-refractivity contribution is 0.0888. The molecule has 2 aromatic carbocycles. The Kier molecular flexibility index (Phi) is 8.82. The number of halogens is 1. The van der Waals surface area contributed by atoms with Crippen molar-refractivity contribution in [2.45, 2.75) is 77.0 Å². The Morgan fingerprint density at radius 2 is 1.65 bits per heavy atom. The van der Waals surface area contributed by atoms with Gasteiger partial charge in [0.25, 0.3) is 5.91 Å². The van der Waals surface area contributed by atoms with E-state index < -0.39 is 0 Å². The van der Waals surface area contributed by atoms with Gasteiger partial charge in [-0.05, 0) is 101 Å². The molecule has 10 rings (SSSR count). The van der Waals surface area contributed by atoms with E-state index in [9.17, 15) is 4.79 Å². The van der Waals surface area contributed by atoms with E-state index in [0.717, 1.165) is 93.4 Å². The number of hydrogen-bond acceptors (Lipinski definition) is 11. The molecule has 5 aromatic rings. The van der Waals surface area contributed by atoms with Crippen molar-refractivity contribution in [3.63, 3.8) is 0 Å². The molecular formula is C43H43ClN10O2S. The Morgan fingerprint density at radius 1 is 0.912 bits per heavy atom. The molecule has 1 N–H and O–H groups in total. The first-order valence-electron chi connectivity index (χ1n) is 19.9. The smallest absolute Gasteiger partial charge is 0.272 e. The first-order chi connectivity index (χ1) is 27.7. The number of aliphatic imine (C=N–C) groups is 1. The number of benzene rings is 2. The van der Waals surface area contributed by atoms with E-state index >= 15 is 0 Å². The molecular weight excluding hydrogens is 756 g/mol. The van der Waals surface area contributed by atoms with Crippen molar-refractivity contribution < 1.29 is 9.53 Å². The lowest BCUT2D eigenvalue weighted by atomic mass is 9.93. The van der Waals surface area contributed by atoms with Gasteiger partial charge in [0.05, 0.1) is 22.4 Å². The average molecular weight is 799 g/mol. The highest BCUT2D eigenvalue weighted by Gasteiger charge is 2.51. The third-order valence-corrected chi connectivity index (χ3v) is 14.2. The van der Waals surface area contributed by atoms with Gasteiger partial charge < -0.3 is 19.9 Å². The Bertz CT molecular complexity index is 2440. The van der Waals surface area contributed by atoms with E-state index in [1.807, 2.05) is 24.3 Å². The molecule has 3 aromatic heterocycles. The summed E-state index contributed by atoms with van der Waals surface area (Å²) in [6.45, 7) is 10.3. The van der Waals surface area contributed by atoms with Gasteiger partial charge in [0.1, 0.15) is 28.2 Å². The number of anilines is 2. The third-order valence-electron chi connectivity index (χ3n) is 12.7. The lowest BCUT2D eigenvalue weighted by Crippen LogP contribution is -2.40. The fourth-order valence-corrected chi connectivity index (χ4v) is 10.6. The predicted octanol–water partition coefficient (Wildman–Crippen LogP) is 7.10. The lowest BCUT2D eigenvalue weighted by Gasteiger charge is -2.29. The number of nitrogens with zero attached hydrogens (tertiary/aromatic N) is 9. The normalized spacial score (nSPS) is 23.0. The molecule has 2 aliphatic carbocycles. The van der Waals surface area contributed by atoms with Gasteiger partial charge >= 0.3 is 0 Å². The number of carbonyl (C=O) groups excluding carboxylic acids is 1. The fraction of sp³-hybridized carbons (Fsp3) is 0.419. The van der Waals surface area contributed by atoms with Gasteiger partial charge in [-0.3, -0.25) is 14.4 Å². The summed E-state index contributed by atoms with van der Waals surface area (Å²) in [7, 11) is 0. The van der Waals surface area contributed by atoms with Gasteiger partial charge in [-0.1, -0.05) is 23.7 Å². The Labute approximate surface area is 340 Å². The second-order valence-electron chi connectivity index (χ2n) is 16.3. The maximum Gasteiger partial charge on any atom is 0.272 e. The maximum absolute atomic E-state index is 13.1. The van der Waals surface area contributed by atoms with E-state index in [4.69, 9.17) is 26.6 Å². The van der Waals surface area contributed by atoms with Crippen molar-refractivity contribution in [1.29, 1.82) is 5.26 Å². The van der Waals surface area contributed by atoms with Crippen LogP contribution < -0.4 is 19.9 Å². The molecule has 4 fully saturated rings. The number of ether oxygens (including phenoxy) is 1. The molecule has 2 saturated heterocycles. The van der Waals surface area contributed by atoms with Crippen LogP contribution in [0.2, 0.25) is 5.02 Å². The standard InChI is InChI=1S/C43H43ClN10O2S/c1-24-25(2)57-41-38(24)39(47-43(16-17-43)42-51-48-26(3)54(41)42)27-4-9-32(10-5-27)52-20-29-22-53(23-30(29)21-52)37-15-14-36(49-50-37)40(55)46-31-7-12-33(13-8-31)56-34-11-6-28(19-45)35(44)18-34/h4-6,9-11,14-15,18,29-31,33H,7-8,12-13,16-17,20-23H2,1-3H3,(H,46,55)/t29-,30+,31?,33?. The maximum atomic E-state index is 13.1. The van der Waals surface area contributed by atoms with Gasteiger partial charge in [-0.25, -0.2) is 0 Å². The molecule has 12 nitrogen and oxygen atoms in total. The van der Waals surface area contributed by atoms with Gasteiger partial charge in [-0.15, -0.1) is 31.7 Å². The summed E-state index contributed by atoms with van der Waals surface area (Å²) < 4.78 is 8.36. The van der Waals surface area contributed by atoms with Gasteiger partial charge in [0.15, 0.2) is 17.3 Å². The topological polar surface area (TPSA) is 137 Å². The summed E-state index contributed by atoms with van der Waals surface area (Å²) in [6, 6.07) is 20.0. The molecule has 14 heteroatoms. The second-order valence-corrected chi connectivity index (χ2v) is 17.9. The highest BCUT2D eigenvalue weighted by molar-refractivity contribution is 7.15. The Hall–Kier alpha value is -5.32. The van der Waals surface area contributed by atoms with Crippen LogP contribution in [0.15, 0.2) is 59.6 Å². The molecule has 1 spiro atoms. The average Bonchev–Trinajstić information content (AvgIpc) is 3.42. The summed E-state index contributed by atoms with van der Waals surface area (Å²) in [5, 5.41) is 31.8. The Balaban J connectivity index is 0.740. The molecule has 1 amide bonds. The summed E-state index contributed by atoms with van der Waals surface area (Å²) >= 11 is 7.98. The number of nitrogens with one attached hydrogen (secondary N) is 1. The number of aromatic nitrogens is 5. The molecule has 0 bridgehead atoms. The summed E-state index contributed by atoms with van der Waals surface area (Å²) in [5.41, 5.74) is 6.43. The first kappa shape index (κ1) is 36.0. The van der Waals surface area contributed by atoms with E-state index in [0.29, 0.717) is 33.9 Å². The zero-order valence-corrected chi connectivity index (χ0v) is 33.8. The van der Waals surface area contributed by atoms with Crippen molar-refractivity contribution in [3.8, 4) is 16.8 Å². The number of amides is 1. The largest absolute Gasteiger partial charge is 0.490 e. The van der Waals surface area contributed by atoms with E-state index in [-0.39, 0.29) is 23.6 Å². The highest BCUT2D eigenvalue weighted by atomic mass is 35.5. The molecule has 57 heavy (non-hydrogen) atoms. The molecule has 2 saturated carbocycles. The highest BCUT2D eigenvalue weighted by Crippen LogP contribution is 2.53. The number of hydrogen-bond donors (Lipinski definition) is 1. The number of thiophene rings is 1. The van der Waals surface area contributed by atoms with Crippen LogP contribution in [0.25, 0.3) is 5.00 Å². The van der Waals surface area contributed by atoms with Crippen LogP contribution in [0.5, 0.6) is 5.75 Å². The minimum atomic E-state index is -0.286.